The largest absolute Gasteiger partial charge is 0.352 e. The van der Waals surface area contributed by atoms with Gasteiger partial charge in [-0.25, -0.2) is 0 Å². The van der Waals surface area contributed by atoms with Crippen LogP contribution in [0.25, 0.3) is 0 Å². The van der Waals surface area contributed by atoms with E-state index in [4.69, 9.17) is 0 Å². The van der Waals surface area contributed by atoms with Crippen molar-refractivity contribution >= 4 is 37.8 Å². The molecule has 1 aromatic carbocycles. The highest BCUT2D eigenvalue weighted by atomic mass is 79.9. The Labute approximate surface area is 125 Å². The molecule has 0 saturated heterocycles. The molecule has 1 N–H and O–H groups in total. The highest BCUT2D eigenvalue weighted by molar-refractivity contribution is 9.11. The number of nitrogens with zero attached hydrogens (tertiary/aromatic N) is 1. The van der Waals surface area contributed by atoms with Crippen LogP contribution in [0.4, 0.5) is 0 Å². The van der Waals surface area contributed by atoms with E-state index in [1.165, 1.54) is 0 Å². The average molecular weight is 378 g/mol. The Balaban J connectivity index is 2.36. The molecule has 1 aromatic rings. The van der Waals surface area contributed by atoms with Gasteiger partial charge in [-0.2, -0.15) is 0 Å². The second kappa shape index (κ2) is 7.92. The first-order valence-corrected chi connectivity index (χ1v) is 7.46. The van der Waals surface area contributed by atoms with Crippen LogP contribution in [-0.4, -0.2) is 38.0 Å². The third-order valence-electron chi connectivity index (χ3n) is 2.44. The number of halogens is 2. The first-order valence-electron chi connectivity index (χ1n) is 5.88. The second-order valence-electron chi connectivity index (χ2n) is 4.42. The van der Waals surface area contributed by atoms with Crippen molar-refractivity contribution in [3.63, 3.8) is 0 Å². The number of hydrogen-bond donors (Lipinski definition) is 1. The summed E-state index contributed by atoms with van der Waals surface area (Å²) in [6, 6.07) is 5.55. The van der Waals surface area contributed by atoms with Crippen LogP contribution in [0.2, 0.25) is 0 Å². The summed E-state index contributed by atoms with van der Waals surface area (Å²) in [6.07, 6.45) is 2.09. The minimum atomic E-state index is -0.0261. The SMILES string of the molecule is CN(C)CCCCNC(=O)c1cc(Br)cc(Br)c1. The topological polar surface area (TPSA) is 32.3 Å². The number of unbranched alkanes of at least 4 members (excludes halogenated alkanes) is 1. The van der Waals surface area contributed by atoms with E-state index in [1.54, 1.807) is 0 Å². The number of amides is 1. The molecule has 0 heterocycles. The summed E-state index contributed by atoms with van der Waals surface area (Å²) < 4.78 is 1.80. The van der Waals surface area contributed by atoms with Gasteiger partial charge < -0.3 is 10.2 Å². The molecule has 0 atom stereocenters. The molecule has 1 amide bonds. The first-order chi connectivity index (χ1) is 8.49. The van der Waals surface area contributed by atoms with Crippen molar-refractivity contribution in [2.24, 2.45) is 0 Å². The van der Waals surface area contributed by atoms with Crippen LogP contribution in [-0.2, 0) is 0 Å². The van der Waals surface area contributed by atoms with Gasteiger partial charge in [-0.1, -0.05) is 31.9 Å². The Kier molecular flexibility index (Phi) is 6.89. The number of carbonyl (C=O) groups is 1. The minimum Gasteiger partial charge on any atom is -0.352 e. The number of benzene rings is 1. The van der Waals surface area contributed by atoms with Crippen LogP contribution in [0.15, 0.2) is 27.1 Å². The number of rotatable bonds is 6. The van der Waals surface area contributed by atoms with Crippen LogP contribution in [0.1, 0.15) is 23.2 Å². The molecular weight excluding hydrogens is 360 g/mol. The van der Waals surface area contributed by atoms with Gasteiger partial charge in [0.25, 0.3) is 5.91 Å². The van der Waals surface area contributed by atoms with Gasteiger partial charge in [-0.3, -0.25) is 4.79 Å². The molecule has 3 nitrogen and oxygen atoms in total. The number of carbonyl (C=O) groups excluding carboxylic acids is 1. The predicted molar refractivity (Wildman–Crippen MR) is 82.0 cm³/mol. The van der Waals surface area contributed by atoms with Gasteiger partial charge >= 0.3 is 0 Å². The van der Waals surface area contributed by atoms with Gasteiger partial charge in [0.2, 0.25) is 0 Å². The van der Waals surface area contributed by atoms with E-state index in [-0.39, 0.29) is 5.91 Å². The van der Waals surface area contributed by atoms with Crippen LogP contribution in [0.5, 0.6) is 0 Å². The molecule has 0 aliphatic carbocycles. The summed E-state index contributed by atoms with van der Waals surface area (Å²) in [6.45, 7) is 1.77. The van der Waals surface area contributed by atoms with Gasteiger partial charge in [0.05, 0.1) is 0 Å². The lowest BCUT2D eigenvalue weighted by Gasteiger charge is -2.09. The summed E-state index contributed by atoms with van der Waals surface area (Å²) >= 11 is 6.75. The maximum absolute atomic E-state index is 11.9. The summed E-state index contributed by atoms with van der Waals surface area (Å²) in [5.41, 5.74) is 0.670. The quantitative estimate of drug-likeness (QED) is 0.771. The summed E-state index contributed by atoms with van der Waals surface area (Å²) in [5, 5.41) is 2.93. The Hall–Kier alpha value is -0.390. The lowest BCUT2D eigenvalue weighted by molar-refractivity contribution is 0.0952. The zero-order valence-corrected chi connectivity index (χ0v) is 13.8. The molecule has 0 fully saturated rings. The van der Waals surface area contributed by atoms with Gasteiger partial charge in [-0.15, -0.1) is 0 Å². The minimum absolute atomic E-state index is 0.0261. The fourth-order valence-electron chi connectivity index (χ4n) is 1.54. The number of nitrogens with one attached hydrogen (secondary N) is 1. The maximum Gasteiger partial charge on any atom is 0.251 e. The van der Waals surface area contributed by atoms with E-state index in [2.05, 4.69) is 56.2 Å². The third-order valence-corrected chi connectivity index (χ3v) is 3.36. The lowest BCUT2D eigenvalue weighted by atomic mass is 10.2. The van der Waals surface area contributed by atoms with Crippen molar-refractivity contribution in [2.75, 3.05) is 27.2 Å². The normalized spacial score (nSPS) is 10.7. The molecule has 0 saturated carbocycles. The Bertz CT molecular complexity index is 388. The summed E-state index contributed by atoms with van der Waals surface area (Å²) in [7, 11) is 4.11. The van der Waals surface area contributed by atoms with Crippen molar-refractivity contribution in [2.45, 2.75) is 12.8 Å². The predicted octanol–water partition coefficient (Wildman–Crippen LogP) is 3.28. The van der Waals surface area contributed by atoms with E-state index in [1.807, 2.05) is 18.2 Å². The van der Waals surface area contributed by atoms with Crippen molar-refractivity contribution < 1.29 is 4.79 Å². The maximum atomic E-state index is 11.9. The fraction of sp³-hybridized carbons (Fsp3) is 0.462. The first kappa shape index (κ1) is 15.7. The molecule has 5 heteroatoms. The van der Waals surface area contributed by atoms with Gasteiger partial charge in [-0.05, 0) is 51.7 Å². The smallest absolute Gasteiger partial charge is 0.251 e. The summed E-state index contributed by atoms with van der Waals surface area (Å²) in [4.78, 5) is 14.0. The van der Waals surface area contributed by atoms with Crippen LogP contribution >= 0.6 is 31.9 Å². The monoisotopic (exact) mass is 376 g/mol. The Morgan fingerprint density at radius 2 is 1.78 bits per heavy atom. The van der Waals surface area contributed by atoms with Crippen molar-refractivity contribution in [1.29, 1.82) is 0 Å². The van der Waals surface area contributed by atoms with E-state index < -0.39 is 0 Å². The molecule has 0 bridgehead atoms. The molecule has 0 spiro atoms. The fourth-order valence-corrected chi connectivity index (χ4v) is 2.84. The van der Waals surface area contributed by atoms with Gasteiger partial charge in [0.15, 0.2) is 0 Å². The molecule has 100 valence electrons. The van der Waals surface area contributed by atoms with Crippen LogP contribution in [0.3, 0.4) is 0 Å². The standard InChI is InChI=1S/C13H18Br2N2O/c1-17(2)6-4-3-5-16-13(18)10-7-11(14)9-12(15)8-10/h7-9H,3-6H2,1-2H3,(H,16,18). The van der Waals surface area contributed by atoms with Gasteiger partial charge in [0.1, 0.15) is 0 Å². The van der Waals surface area contributed by atoms with E-state index in [0.29, 0.717) is 5.56 Å². The summed E-state index contributed by atoms with van der Waals surface area (Å²) in [5.74, 6) is -0.0261. The molecular formula is C13H18Br2N2O. The van der Waals surface area contributed by atoms with Crippen molar-refractivity contribution in [3.8, 4) is 0 Å². The van der Waals surface area contributed by atoms with E-state index in [9.17, 15) is 4.79 Å². The lowest BCUT2D eigenvalue weighted by Crippen LogP contribution is -2.25. The highest BCUT2D eigenvalue weighted by Crippen LogP contribution is 2.19. The third kappa shape index (κ3) is 5.98. The highest BCUT2D eigenvalue weighted by Gasteiger charge is 2.06. The average Bonchev–Trinajstić information content (AvgIpc) is 2.26. The second-order valence-corrected chi connectivity index (χ2v) is 6.26. The molecule has 0 aromatic heterocycles. The van der Waals surface area contributed by atoms with E-state index in [0.717, 1.165) is 34.9 Å². The number of hydrogen-bond acceptors (Lipinski definition) is 2. The van der Waals surface area contributed by atoms with Gasteiger partial charge in [0, 0.05) is 21.1 Å². The Morgan fingerprint density at radius 3 is 2.33 bits per heavy atom. The molecule has 18 heavy (non-hydrogen) atoms. The molecule has 0 radical (unpaired) electrons. The van der Waals surface area contributed by atoms with E-state index >= 15 is 0 Å². The zero-order valence-electron chi connectivity index (χ0n) is 10.7. The molecule has 0 aliphatic heterocycles. The van der Waals surface area contributed by atoms with Crippen molar-refractivity contribution in [3.05, 3.63) is 32.7 Å². The van der Waals surface area contributed by atoms with Crippen molar-refractivity contribution in [1.82, 2.24) is 10.2 Å². The van der Waals surface area contributed by atoms with Crippen LogP contribution < -0.4 is 5.32 Å². The molecule has 1 rings (SSSR count). The Morgan fingerprint density at radius 1 is 1.17 bits per heavy atom. The zero-order chi connectivity index (χ0) is 13.5. The van der Waals surface area contributed by atoms with Crippen LogP contribution in [0, 0.1) is 0 Å². The molecule has 0 aliphatic rings. The molecule has 0 unspecified atom stereocenters.